The molecule has 2 rings (SSSR count). The van der Waals surface area contributed by atoms with Crippen LogP contribution >= 0.6 is 0 Å². The van der Waals surface area contributed by atoms with Crippen molar-refractivity contribution >= 4 is 17.7 Å². The van der Waals surface area contributed by atoms with Crippen LogP contribution in [0.4, 0.5) is 5.82 Å². The summed E-state index contributed by atoms with van der Waals surface area (Å²) in [4.78, 5) is 33.1. The molecule has 0 aliphatic carbocycles. The number of hydrogen-bond donors (Lipinski definition) is 2. The van der Waals surface area contributed by atoms with E-state index in [0.29, 0.717) is 0 Å². The predicted octanol–water partition coefficient (Wildman–Crippen LogP) is 0.530. The van der Waals surface area contributed by atoms with E-state index in [1.807, 2.05) is 0 Å². The van der Waals surface area contributed by atoms with Crippen LogP contribution in [0, 0.1) is 11.8 Å². The molecule has 1 aliphatic rings. The van der Waals surface area contributed by atoms with Gasteiger partial charge in [-0.15, -0.1) is 0 Å². The molecule has 0 saturated carbocycles. The number of aliphatic carboxylic acids is 1. The molecule has 21 heavy (non-hydrogen) atoms. The maximum Gasteiger partial charge on any atom is 0.308 e. The van der Waals surface area contributed by atoms with Crippen LogP contribution < -0.4 is 10.2 Å². The van der Waals surface area contributed by atoms with Gasteiger partial charge in [0.1, 0.15) is 5.82 Å². The molecular weight excluding hydrogens is 272 g/mol. The van der Waals surface area contributed by atoms with E-state index in [2.05, 4.69) is 20.2 Å². The Morgan fingerprint density at radius 3 is 2.71 bits per heavy atom. The van der Waals surface area contributed by atoms with Crippen molar-refractivity contribution in [3.05, 3.63) is 18.6 Å². The molecule has 1 saturated heterocycles. The molecule has 1 aromatic rings. The Kier molecular flexibility index (Phi) is 5.08. The highest BCUT2D eigenvalue weighted by molar-refractivity contribution is 5.79. The number of carbonyl (C=O) groups excluding carboxylic acids is 1. The van der Waals surface area contributed by atoms with Crippen molar-refractivity contribution in [2.24, 2.45) is 11.8 Å². The molecule has 1 unspecified atom stereocenters. The molecule has 2 heterocycles. The van der Waals surface area contributed by atoms with Gasteiger partial charge in [0.15, 0.2) is 0 Å². The first-order valence-corrected chi connectivity index (χ1v) is 7.09. The summed E-state index contributed by atoms with van der Waals surface area (Å²) < 4.78 is 0. The lowest BCUT2D eigenvalue weighted by Crippen LogP contribution is -2.42. The highest BCUT2D eigenvalue weighted by Gasteiger charge is 2.26. The van der Waals surface area contributed by atoms with Gasteiger partial charge in [-0.05, 0) is 12.8 Å². The summed E-state index contributed by atoms with van der Waals surface area (Å²) in [6, 6.07) is 0. The van der Waals surface area contributed by atoms with Gasteiger partial charge < -0.3 is 15.3 Å². The van der Waals surface area contributed by atoms with Gasteiger partial charge in [-0.3, -0.25) is 14.6 Å². The molecule has 7 nitrogen and oxygen atoms in total. The van der Waals surface area contributed by atoms with Gasteiger partial charge in [0.25, 0.3) is 0 Å². The summed E-state index contributed by atoms with van der Waals surface area (Å²) in [5.41, 5.74) is 0. The lowest BCUT2D eigenvalue weighted by Gasteiger charge is -2.31. The number of rotatable bonds is 5. The van der Waals surface area contributed by atoms with Crippen LogP contribution in [0.1, 0.15) is 19.8 Å². The largest absolute Gasteiger partial charge is 0.481 e. The van der Waals surface area contributed by atoms with E-state index in [-0.39, 0.29) is 18.4 Å². The molecule has 0 radical (unpaired) electrons. The minimum absolute atomic E-state index is 0.0538. The fourth-order valence-electron chi connectivity index (χ4n) is 2.31. The number of carboxylic acid groups (broad SMARTS) is 1. The fourth-order valence-corrected chi connectivity index (χ4v) is 2.31. The Balaban J connectivity index is 1.78. The van der Waals surface area contributed by atoms with Gasteiger partial charge in [-0.25, -0.2) is 4.98 Å². The summed E-state index contributed by atoms with van der Waals surface area (Å²) >= 11 is 0. The second-order valence-corrected chi connectivity index (χ2v) is 5.31. The van der Waals surface area contributed by atoms with Gasteiger partial charge in [-0.2, -0.15) is 0 Å². The number of hydrogen-bond acceptors (Lipinski definition) is 5. The maximum atomic E-state index is 12.0. The molecule has 114 valence electrons. The quantitative estimate of drug-likeness (QED) is 0.822. The van der Waals surface area contributed by atoms with E-state index in [9.17, 15) is 9.59 Å². The Bertz CT molecular complexity index is 486. The summed E-state index contributed by atoms with van der Waals surface area (Å²) in [5, 5.41) is 11.5. The maximum absolute atomic E-state index is 12.0. The van der Waals surface area contributed by atoms with Gasteiger partial charge in [0, 0.05) is 37.9 Å². The number of carbonyl (C=O) groups is 2. The molecule has 0 bridgehead atoms. The Hall–Kier alpha value is -2.18. The average Bonchev–Trinajstić information content (AvgIpc) is 2.53. The van der Waals surface area contributed by atoms with Gasteiger partial charge in [0.05, 0.1) is 12.1 Å². The molecular formula is C14H20N4O3. The van der Waals surface area contributed by atoms with E-state index < -0.39 is 11.9 Å². The van der Waals surface area contributed by atoms with E-state index >= 15 is 0 Å². The highest BCUT2D eigenvalue weighted by Crippen LogP contribution is 2.21. The van der Waals surface area contributed by atoms with Crippen molar-refractivity contribution < 1.29 is 14.7 Å². The summed E-state index contributed by atoms with van der Waals surface area (Å²) in [6.45, 7) is 3.27. The Morgan fingerprint density at radius 2 is 2.14 bits per heavy atom. The summed E-state index contributed by atoms with van der Waals surface area (Å²) in [7, 11) is 0. The van der Waals surface area contributed by atoms with Crippen molar-refractivity contribution in [3.63, 3.8) is 0 Å². The zero-order valence-electron chi connectivity index (χ0n) is 12.0. The molecule has 2 N–H and O–H groups in total. The van der Waals surface area contributed by atoms with Crippen LogP contribution in [-0.2, 0) is 9.59 Å². The molecule has 0 spiro atoms. The second kappa shape index (κ2) is 7.01. The first-order valence-electron chi connectivity index (χ1n) is 7.09. The van der Waals surface area contributed by atoms with Gasteiger partial charge in [0.2, 0.25) is 5.91 Å². The first-order chi connectivity index (χ1) is 10.1. The van der Waals surface area contributed by atoms with E-state index in [1.165, 1.54) is 0 Å². The van der Waals surface area contributed by atoms with Crippen LogP contribution in [0.2, 0.25) is 0 Å². The zero-order valence-corrected chi connectivity index (χ0v) is 12.0. The molecule has 1 fully saturated rings. The minimum atomic E-state index is -0.896. The smallest absolute Gasteiger partial charge is 0.308 e. The van der Waals surface area contributed by atoms with Crippen molar-refractivity contribution in [1.29, 1.82) is 0 Å². The van der Waals surface area contributed by atoms with Crippen molar-refractivity contribution in [2.75, 3.05) is 24.5 Å². The normalized spacial score (nSPS) is 17.3. The van der Waals surface area contributed by atoms with E-state index in [1.54, 1.807) is 25.5 Å². The zero-order chi connectivity index (χ0) is 15.2. The number of amides is 1. The van der Waals surface area contributed by atoms with Crippen molar-refractivity contribution in [3.8, 4) is 0 Å². The molecule has 7 heteroatoms. The van der Waals surface area contributed by atoms with E-state index in [0.717, 1.165) is 31.7 Å². The molecule has 1 aromatic heterocycles. The SMILES string of the molecule is CC(CNC(=O)C1CCN(c2cnccn2)CC1)C(=O)O. The van der Waals surface area contributed by atoms with Crippen LogP contribution in [0.15, 0.2) is 18.6 Å². The average molecular weight is 292 g/mol. The van der Waals surface area contributed by atoms with Crippen LogP contribution in [-0.4, -0.2) is 46.6 Å². The lowest BCUT2D eigenvalue weighted by molar-refractivity contribution is -0.141. The standard InChI is InChI=1S/C14H20N4O3/c1-10(14(20)21)8-17-13(19)11-2-6-18(7-3-11)12-9-15-4-5-16-12/h4-5,9-11H,2-3,6-8H2,1H3,(H,17,19)(H,20,21). The fraction of sp³-hybridized carbons (Fsp3) is 0.571. The third kappa shape index (κ3) is 4.14. The predicted molar refractivity (Wildman–Crippen MR) is 76.8 cm³/mol. The van der Waals surface area contributed by atoms with Crippen molar-refractivity contribution in [2.45, 2.75) is 19.8 Å². The number of nitrogens with one attached hydrogen (secondary N) is 1. The third-order valence-electron chi connectivity index (χ3n) is 3.74. The summed E-state index contributed by atoms with van der Waals surface area (Å²) in [5.74, 6) is -0.738. The third-order valence-corrected chi connectivity index (χ3v) is 3.74. The minimum Gasteiger partial charge on any atom is -0.481 e. The number of carboxylic acids is 1. The first kappa shape index (κ1) is 15.2. The number of piperidine rings is 1. The van der Waals surface area contributed by atoms with Gasteiger partial charge >= 0.3 is 5.97 Å². The number of aromatic nitrogens is 2. The Labute approximate surface area is 123 Å². The number of anilines is 1. The highest BCUT2D eigenvalue weighted by atomic mass is 16.4. The molecule has 0 aromatic carbocycles. The topological polar surface area (TPSA) is 95.4 Å². The van der Waals surface area contributed by atoms with E-state index in [4.69, 9.17) is 5.11 Å². The van der Waals surface area contributed by atoms with Gasteiger partial charge in [-0.1, -0.05) is 6.92 Å². The second-order valence-electron chi connectivity index (χ2n) is 5.31. The molecule has 1 atom stereocenters. The monoisotopic (exact) mass is 292 g/mol. The Morgan fingerprint density at radius 1 is 1.43 bits per heavy atom. The molecule has 1 aliphatic heterocycles. The van der Waals surface area contributed by atoms with Crippen LogP contribution in [0.25, 0.3) is 0 Å². The van der Waals surface area contributed by atoms with Crippen LogP contribution in [0.3, 0.4) is 0 Å². The summed E-state index contributed by atoms with van der Waals surface area (Å²) in [6.07, 6.45) is 6.48. The lowest BCUT2D eigenvalue weighted by atomic mass is 9.95. The van der Waals surface area contributed by atoms with Crippen LogP contribution in [0.5, 0.6) is 0 Å². The van der Waals surface area contributed by atoms with Crippen molar-refractivity contribution in [1.82, 2.24) is 15.3 Å². The molecule has 1 amide bonds. The number of nitrogens with zero attached hydrogens (tertiary/aromatic N) is 3.